The molecule has 0 bridgehead atoms. The minimum atomic E-state index is -0.705. The van der Waals surface area contributed by atoms with Gasteiger partial charge in [0.05, 0.1) is 12.1 Å². The van der Waals surface area contributed by atoms with Crippen LogP contribution in [0.2, 0.25) is 0 Å². The number of rotatable bonds is 4. The summed E-state index contributed by atoms with van der Waals surface area (Å²) in [5, 5.41) is 0.760. The van der Waals surface area contributed by atoms with Crippen LogP contribution >= 0.6 is 0 Å². The van der Waals surface area contributed by atoms with Gasteiger partial charge in [-0.2, -0.15) is 0 Å². The highest BCUT2D eigenvalue weighted by molar-refractivity contribution is 6.15. The summed E-state index contributed by atoms with van der Waals surface area (Å²) in [5.41, 5.74) is 0.952. The number of allylic oxidation sites excluding steroid dienone is 1. The number of carbonyl (C=O) groups excluding carboxylic acids is 3. The largest absolute Gasteiger partial charge is 0.463 e. The van der Waals surface area contributed by atoms with Crippen LogP contribution in [0.1, 0.15) is 63.9 Å². The van der Waals surface area contributed by atoms with E-state index in [1.807, 2.05) is 12.1 Å². The number of hydrogen-bond donors (Lipinski definition) is 0. The second-order valence-corrected chi connectivity index (χ2v) is 8.12. The Balaban J connectivity index is 2.13. The minimum absolute atomic E-state index is 0.208. The van der Waals surface area contributed by atoms with Crippen molar-refractivity contribution in [3.05, 3.63) is 47.2 Å². The Kier molecular flexibility index (Phi) is 5.91. The summed E-state index contributed by atoms with van der Waals surface area (Å²) in [6.07, 6.45) is 2.03. The number of nitrogens with zero attached hydrogens (tertiary/aromatic N) is 1. The number of ether oxygens (including phenoxy) is 2. The Labute approximate surface area is 170 Å². The molecule has 0 unspecified atom stereocenters. The van der Waals surface area contributed by atoms with Crippen molar-refractivity contribution in [2.45, 2.75) is 59.0 Å². The van der Waals surface area contributed by atoms with E-state index >= 15 is 0 Å². The van der Waals surface area contributed by atoms with Crippen LogP contribution < -0.4 is 0 Å². The summed E-state index contributed by atoms with van der Waals surface area (Å²) in [6.45, 7) is 7.33. The maximum atomic E-state index is 13.5. The number of aromatic nitrogens is 1. The maximum absolute atomic E-state index is 13.5. The molecule has 2 aromatic rings. The monoisotopic (exact) mass is 397 g/mol. The molecule has 0 radical (unpaired) electrons. The first-order valence-corrected chi connectivity index (χ1v) is 10.0. The molecule has 0 saturated carbocycles. The molecule has 3 rings (SSSR count). The van der Waals surface area contributed by atoms with Gasteiger partial charge in [-0.1, -0.05) is 18.2 Å². The lowest BCUT2D eigenvalue weighted by Gasteiger charge is -2.22. The molecule has 1 aromatic carbocycles. The average Bonchev–Trinajstić information content (AvgIpc) is 3.06. The molecule has 6 heteroatoms. The predicted octanol–water partition coefficient (Wildman–Crippen LogP) is 5.04. The molecule has 0 spiro atoms. The number of Topliss-reactive ketones (excluding diaryl/α,β-unsaturated/α-hetero) is 1. The molecule has 0 fully saturated rings. The smallest absolute Gasteiger partial charge is 0.419 e. The molecule has 1 aromatic heterocycles. The Bertz CT molecular complexity index is 990. The molecule has 1 heterocycles. The van der Waals surface area contributed by atoms with Crippen molar-refractivity contribution in [1.29, 1.82) is 0 Å². The molecule has 0 saturated heterocycles. The van der Waals surface area contributed by atoms with Gasteiger partial charge in [0, 0.05) is 16.5 Å². The van der Waals surface area contributed by atoms with Gasteiger partial charge in [-0.15, -0.1) is 0 Å². The first-order valence-electron chi connectivity index (χ1n) is 10.0. The quantitative estimate of drug-likeness (QED) is 0.534. The predicted molar refractivity (Wildman–Crippen MR) is 110 cm³/mol. The molecule has 154 valence electrons. The molecule has 6 nitrogen and oxygen atoms in total. The van der Waals surface area contributed by atoms with Crippen LogP contribution in [0.3, 0.4) is 0 Å². The Hall–Kier alpha value is -2.89. The normalized spacial score (nSPS) is 14.8. The number of benzene rings is 1. The van der Waals surface area contributed by atoms with E-state index in [1.165, 1.54) is 4.57 Å². The van der Waals surface area contributed by atoms with Crippen molar-refractivity contribution in [3.63, 3.8) is 0 Å². The molecule has 0 aliphatic heterocycles. The Morgan fingerprint density at radius 1 is 1.03 bits per heavy atom. The third-order valence-electron chi connectivity index (χ3n) is 4.78. The van der Waals surface area contributed by atoms with Crippen LogP contribution in [0.5, 0.6) is 0 Å². The number of ketones is 1. The van der Waals surface area contributed by atoms with Crippen LogP contribution in [0.15, 0.2) is 41.5 Å². The zero-order valence-corrected chi connectivity index (χ0v) is 17.4. The molecular formula is C23H27NO5. The lowest BCUT2D eigenvalue weighted by atomic mass is 9.88. The fourth-order valence-electron chi connectivity index (χ4n) is 3.58. The van der Waals surface area contributed by atoms with E-state index in [9.17, 15) is 14.4 Å². The fraction of sp³-hybridized carbons (Fsp3) is 0.435. The van der Waals surface area contributed by atoms with Crippen molar-refractivity contribution in [2.24, 2.45) is 0 Å². The van der Waals surface area contributed by atoms with E-state index < -0.39 is 17.7 Å². The van der Waals surface area contributed by atoms with E-state index in [4.69, 9.17) is 9.47 Å². The fourth-order valence-corrected chi connectivity index (χ4v) is 3.58. The molecule has 1 aliphatic rings. The highest BCUT2D eigenvalue weighted by atomic mass is 16.6. The van der Waals surface area contributed by atoms with Crippen LogP contribution in [0.25, 0.3) is 10.9 Å². The molecule has 0 atom stereocenters. The van der Waals surface area contributed by atoms with Gasteiger partial charge in [-0.3, -0.25) is 4.79 Å². The van der Waals surface area contributed by atoms with Crippen molar-refractivity contribution in [3.8, 4) is 0 Å². The number of fused-ring (bicyclic) bond motifs is 1. The summed E-state index contributed by atoms with van der Waals surface area (Å²) < 4.78 is 12.0. The van der Waals surface area contributed by atoms with Gasteiger partial charge in [0.1, 0.15) is 11.3 Å². The lowest BCUT2D eigenvalue weighted by Crippen LogP contribution is -2.29. The summed E-state index contributed by atoms with van der Waals surface area (Å²) in [7, 11) is 0. The van der Waals surface area contributed by atoms with E-state index in [0.717, 1.165) is 18.2 Å². The molecule has 0 amide bonds. The van der Waals surface area contributed by atoms with Crippen LogP contribution in [0, 0.1) is 0 Å². The first-order chi connectivity index (χ1) is 13.7. The van der Waals surface area contributed by atoms with Crippen molar-refractivity contribution in [1.82, 2.24) is 4.57 Å². The highest BCUT2D eigenvalue weighted by Crippen LogP contribution is 2.31. The standard InChI is InChI=1S/C23H27NO5/c1-5-28-21(26)17-12-8-7-11-16(17)20(25)19-14-15-10-6-9-13-18(15)24(19)22(27)29-23(2,3)4/h6,9-10,13-14H,5,7-8,11-12H2,1-4H3. The second-order valence-electron chi connectivity index (χ2n) is 8.12. The van der Waals surface area contributed by atoms with E-state index in [0.29, 0.717) is 29.5 Å². The molecule has 0 N–H and O–H groups in total. The lowest BCUT2D eigenvalue weighted by molar-refractivity contribution is -0.138. The molecule has 1 aliphatic carbocycles. The van der Waals surface area contributed by atoms with E-state index in [-0.39, 0.29) is 18.1 Å². The average molecular weight is 397 g/mol. The van der Waals surface area contributed by atoms with E-state index in [2.05, 4.69) is 0 Å². The zero-order chi connectivity index (χ0) is 21.2. The van der Waals surface area contributed by atoms with Gasteiger partial charge in [0.25, 0.3) is 0 Å². The molecular weight excluding hydrogens is 370 g/mol. The van der Waals surface area contributed by atoms with Gasteiger partial charge in [-0.25, -0.2) is 14.2 Å². The summed E-state index contributed by atoms with van der Waals surface area (Å²) in [4.78, 5) is 38.8. The van der Waals surface area contributed by atoms with Crippen molar-refractivity contribution in [2.75, 3.05) is 6.61 Å². The number of esters is 1. The maximum Gasteiger partial charge on any atom is 0.419 e. The highest BCUT2D eigenvalue weighted by Gasteiger charge is 2.30. The topological polar surface area (TPSA) is 74.6 Å². The van der Waals surface area contributed by atoms with Gasteiger partial charge in [-0.05, 0) is 65.5 Å². The summed E-state index contributed by atoms with van der Waals surface area (Å²) >= 11 is 0. The minimum Gasteiger partial charge on any atom is -0.463 e. The Morgan fingerprint density at radius 2 is 1.69 bits per heavy atom. The van der Waals surface area contributed by atoms with E-state index in [1.54, 1.807) is 45.9 Å². The first kappa shape index (κ1) is 20.8. The summed E-state index contributed by atoms with van der Waals surface area (Å²) in [6, 6.07) is 8.96. The van der Waals surface area contributed by atoms with Gasteiger partial charge >= 0.3 is 12.1 Å². The van der Waals surface area contributed by atoms with Gasteiger partial charge in [0.15, 0.2) is 0 Å². The second kappa shape index (κ2) is 8.23. The number of carbonyl (C=O) groups is 3. The number of para-hydroxylation sites is 1. The van der Waals surface area contributed by atoms with Crippen LogP contribution in [-0.4, -0.2) is 34.6 Å². The van der Waals surface area contributed by atoms with Crippen molar-refractivity contribution < 1.29 is 23.9 Å². The zero-order valence-electron chi connectivity index (χ0n) is 17.4. The van der Waals surface area contributed by atoms with Gasteiger partial charge in [0.2, 0.25) is 5.78 Å². The Morgan fingerprint density at radius 3 is 2.34 bits per heavy atom. The van der Waals surface area contributed by atoms with Crippen molar-refractivity contribution >= 4 is 28.7 Å². The van der Waals surface area contributed by atoms with Crippen LogP contribution in [-0.2, 0) is 14.3 Å². The molecule has 29 heavy (non-hydrogen) atoms. The SMILES string of the molecule is CCOC(=O)C1=C(C(=O)c2cc3ccccc3n2C(=O)OC(C)(C)C)CCCC1. The number of hydrogen-bond acceptors (Lipinski definition) is 5. The third kappa shape index (κ3) is 4.42. The summed E-state index contributed by atoms with van der Waals surface area (Å²) in [5.74, 6) is -0.773. The van der Waals surface area contributed by atoms with Gasteiger partial charge < -0.3 is 9.47 Å². The van der Waals surface area contributed by atoms with Crippen LogP contribution in [0.4, 0.5) is 4.79 Å². The third-order valence-corrected chi connectivity index (χ3v) is 4.78.